The molecule has 2 aromatic carbocycles. The molecule has 1 aliphatic heterocycles. The van der Waals surface area contributed by atoms with E-state index in [0.717, 1.165) is 11.1 Å². The molecule has 1 saturated heterocycles. The van der Waals surface area contributed by atoms with Crippen LogP contribution in [0.25, 0.3) is 21.9 Å². The zero-order valence-corrected chi connectivity index (χ0v) is 42.1. The smallest absolute Gasteiger partial charge is 0.412 e. The fourth-order valence-corrected chi connectivity index (χ4v) is 6.74. The minimum Gasteiger partial charge on any atom is -0.520 e. The molecule has 0 spiro atoms. The van der Waals surface area contributed by atoms with Gasteiger partial charge in [0, 0.05) is 81.6 Å². The van der Waals surface area contributed by atoms with Gasteiger partial charge >= 0.3 is 6.09 Å². The molecular weight excluding hydrogens is 1140 g/mol. The number of piperazine rings is 1. The Morgan fingerprint density at radius 2 is 1.66 bits per heavy atom. The van der Waals surface area contributed by atoms with E-state index in [4.69, 9.17) is 9.47 Å². The standard InChI is InChI=1S/C28H30FN6O6.C18H23N3O3.CH4S.Fm/c29-24-6-5-20(16-25-21-3-1-2-4-22(21)27(39)32-31-25)15-23(24)28(40)35-10-8-34(9-11-35)26(38)17-33(19-37)12-14-41-13-7-30-18-36;1-6-21-11-13(7-8-16(21)22)14-9-15(12(2)19-10-14)20-17(23)24-18(3,4)5;1-2;/h1-6,15,18H,7-14,16-17H2,(H,30,36)(H,32,39);7-11H,6H2,1-5H3,(H,20,23);2H,1H3;/q-1;;;. The van der Waals surface area contributed by atoms with Crippen molar-refractivity contribution in [1.82, 2.24) is 39.8 Å². The summed E-state index contributed by atoms with van der Waals surface area (Å²) >= 11 is 3.53. The van der Waals surface area contributed by atoms with Gasteiger partial charge in [0.1, 0.15) is 11.4 Å². The number of aromatic amines is 1. The largest absolute Gasteiger partial charge is 0.520 e. The van der Waals surface area contributed by atoms with Gasteiger partial charge in [-0.2, -0.15) is 24.1 Å². The van der Waals surface area contributed by atoms with Gasteiger partial charge in [0.25, 0.3) is 17.0 Å². The van der Waals surface area contributed by atoms with E-state index in [1.807, 2.05) is 40.7 Å². The van der Waals surface area contributed by atoms with Crippen molar-refractivity contribution < 1.29 is 37.8 Å². The molecule has 68 heavy (non-hydrogen) atoms. The number of amides is 5. The van der Waals surface area contributed by atoms with Gasteiger partial charge in [-0.15, -0.1) is 0 Å². The summed E-state index contributed by atoms with van der Waals surface area (Å²) in [5.41, 5.74) is 3.19. The van der Waals surface area contributed by atoms with Crippen molar-refractivity contribution in [3.05, 3.63) is 122 Å². The van der Waals surface area contributed by atoms with Crippen LogP contribution < -0.4 is 21.8 Å². The Morgan fingerprint density at radius 3 is 2.32 bits per heavy atom. The molecule has 0 aliphatic carbocycles. The number of nitrogens with one attached hydrogen (secondary N) is 3. The van der Waals surface area contributed by atoms with Gasteiger partial charge < -0.3 is 38.9 Å². The van der Waals surface area contributed by atoms with Gasteiger partial charge in [-0.25, -0.2) is 14.3 Å². The number of halogens is 1. The van der Waals surface area contributed by atoms with E-state index in [9.17, 15) is 38.0 Å². The van der Waals surface area contributed by atoms with Gasteiger partial charge in [-0.1, -0.05) is 24.3 Å². The second kappa shape index (κ2) is 26.3. The van der Waals surface area contributed by atoms with Crippen LogP contribution in [0, 0.1) is 12.7 Å². The van der Waals surface area contributed by atoms with Gasteiger partial charge in [0.05, 0.1) is 47.8 Å². The van der Waals surface area contributed by atoms with E-state index < -0.39 is 23.4 Å². The molecule has 21 heteroatoms. The normalized spacial score (nSPS) is 12.0. The first kappa shape index (κ1) is 54.4. The fraction of sp³-hybridized carbons (Fsp3) is 0.383. The summed E-state index contributed by atoms with van der Waals surface area (Å²) in [6.07, 6.45) is 7.23. The number of thiol groups is 1. The van der Waals surface area contributed by atoms with Crippen molar-refractivity contribution >= 4 is 59.8 Å². The van der Waals surface area contributed by atoms with Crippen LogP contribution in [-0.2, 0) is 36.8 Å². The number of pyridine rings is 2. The average Bonchev–Trinajstić information content (AvgIpc) is 3.32. The number of carbonyl (C=O) groups is 4. The van der Waals surface area contributed by atoms with E-state index in [2.05, 4.69) is 38.4 Å². The van der Waals surface area contributed by atoms with Crippen molar-refractivity contribution in [3.8, 4) is 11.1 Å². The Morgan fingerprint density at radius 1 is 0.971 bits per heavy atom. The van der Waals surface area contributed by atoms with E-state index in [0.29, 0.717) is 52.9 Å². The van der Waals surface area contributed by atoms with E-state index in [-0.39, 0.29) is 81.5 Å². The zero-order valence-electron chi connectivity index (χ0n) is 38.8. The van der Waals surface area contributed by atoms with Crippen molar-refractivity contribution in [2.45, 2.75) is 53.2 Å². The molecule has 4 heterocycles. The van der Waals surface area contributed by atoms with Crippen molar-refractivity contribution in [3.63, 3.8) is 0 Å². The van der Waals surface area contributed by atoms with Crippen LogP contribution in [0.4, 0.5) is 14.9 Å². The summed E-state index contributed by atoms with van der Waals surface area (Å²) in [5, 5.41) is 13.0. The summed E-state index contributed by atoms with van der Waals surface area (Å²) in [5.74, 6) is -1.44. The second-order valence-corrected chi connectivity index (χ2v) is 15.9. The molecule has 0 saturated carbocycles. The number of hydrogen-bond acceptors (Lipinski definition) is 12. The number of ether oxygens (including phenoxy) is 2. The van der Waals surface area contributed by atoms with Crippen LogP contribution in [0.2, 0.25) is 0 Å². The predicted octanol–water partition coefficient (Wildman–Crippen LogP) is 4.20. The monoisotopic (exact) mass is 1200 g/mol. The predicted molar refractivity (Wildman–Crippen MR) is 255 cm³/mol. The molecule has 0 radical (unpaired) electrons. The Balaban J connectivity index is 0.000000387. The van der Waals surface area contributed by atoms with Crippen LogP contribution in [-0.4, -0.2) is 136 Å². The topological polar surface area (TPSA) is 218 Å². The first-order chi connectivity index (χ1) is 32.1. The third-order valence-corrected chi connectivity index (χ3v) is 10.1. The molecular formula is C47H57FFmN9O9S-. The van der Waals surface area contributed by atoms with Gasteiger partial charge in [-0.05, 0) is 82.3 Å². The van der Waals surface area contributed by atoms with E-state index >= 15 is 0 Å². The number of fused-ring (bicyclic) bond motifs is 1. The SMILES string of the molecule is CCn1cc(-c2cnc(C)c(NC(=O)OC(C)(C)C)c2)ccc1=O.CS.O=[C-]N(CCOCCNC=O)CC(=O)N1CCN(C(=O)c2cc(Cc3n[nH]c(=O)c4ccccc34)ccc2F)CC1.[Fm]. The van der Waals surface area contributed by atoms with Crippen LogP contribution in [0.3, 0.4) is 0 Å². The number of aryl methyl sites for hydroxylation is 2. The fourth-order valence-electron chi connectivity index (χ4n) is 6.74. The number of hydrogen-bond donors (Lipinski definition) is 4. The Hall–Kier alpha value is -7.93. The summed E-state index contributed by atoms with van der Waals surface area (Å²) in [4.78, 5) is 91.7. The molecule has 5 amide bonds. The first-order valence-electron chi connectivity index (χ1n) is 21.4. The number of rotatable bonds is 16. The van der Waals surface area contributed by atoms with Gasteiger partial charge in [0.2, 0.25) is 12.3 Å². The number of anilines is 1. The van der Waals surface area contributed by atoms with Gasteiger partial charge in [0.15, 0.2) is 0 Å². The second-order valence-electron chi connectivity index (χ2n) is 15.9. The van der Waals surface area contributed by atoms with Crippen LogP contribution in [0.1, 0.15) is 55.0 Å². The average molecular weight is 1200 g/mol. The van der Waals surface area contributed by atoms with Crippen LogP contribution in [0.15, 0.2) is 82.6 Å². The Kier molecular flexibility index (Phi) is 21.0. The van der Waals surface area contributed by atoms with Crippen molar-refractivity contribution in [2.24, 2.45) is 0 Å². The Labute approximate surface area is 393 Å². The molecule has 3 N–H and O–H groups in total. The van der Waals surface area contributed by atoms with Crippen molar-refractivity contribution in [1.29, 1.82) is 0 Å². The Bertz CT molecular complexity index is 2620. The molecule has 3 aromatic heterocycles. The van der Waals surface area contributed by atoms with Crippen LogP contribution in [0.5, 0.6) is 0 Å². The number of benzene rings is 2. The third kappa shape index (κ3) is 15.6. The first-order valence-corrected chi connectivity index (χ1v) is 22.3. The molecule has 370 valence electrons. The molecule has 0 atom stereocenters. The minimum atomic E-state index is -0.655. The molecule has 5 aromatic rings. The summed E-state index contributed by atoms with van der Waals surface area (Å²) in [7, 11) is 0. The maximum absolute atomic E-state index is 14.7. The number of aromatic nitrogens is 4. The number of carbonyl (C=O) groups excluding carboxylic acids is 5. The van der Waals surface area contributed by atoms with Crippen LogP contribution >= 0.6 is 12.6 Å². The van der Waals surface area contributed by atoms with Gasteiger partial charge in [-0.3, -0.25) is 34.3 Å². The minimum absolute atomic E-state index is 0. The summed E-state index contributed by atoms with van der Waals surface area (Å²) in [6.45, 7) is 11.4. The zero-order chi connectivity index (χ0) is 49.1. The molecule has 18 nitrogen and oxygen atoms in total. The summed E-state index contributed by atoms with van der Waals surface area (Å²) < 4.78 is 26.9. The van der Waals surface area contributed by atoms with E-state index in [1.54, 1.807) is 70.9 Å². The molecule has 1 aliphatic rings. The summed E-state index contributed by atoms with van der Waals surface area (Å²) in [6, 6.07) is 16.5. The third-order valence-electron chi connectivity index (χ3n) is 10.1. The molecule has 0 unspecified atom stereocenters. The molecule has 1 fully saturated rings. The molecule has 0 bridgehead atoms. The maximum Gasteiger partial charge on any atom is 0.412 e. The number of nitrogens with zero attached hydrogens (tertiary/aromatic N) is 6. The van der Waals surface area contributed by atoms with E-state index in [1.165, 1.54) is 28.0 Å². The van der Waals surface area contributed by atoms with Crippen molar-refractivity contribution in [2.75, 3.05) is 70.6 Å². The maximum atomic E-state index is 14.7. The number of H-pyrrole nitrogens is 1. The molecule has 6 rings (SSSR count). The quantitative estimate of drug-likeness (QED) is 0.0361.